The lowest BCUT2D eigenvalue weighted by Crippen LogP contribution is -2.19. The highest BCUT2D eigenvalue weighted by atomic mass is 19.1. The highest BCUT2D eigenvalue weighted by Crippen LogP contribution is 2.29. The van der Waals surface area contributed by atoms with Crippen LogP contribution in [0.4, 0.5) is 10.2 Å². The van der Waals surface area contributed by atoms with Gasteiger partial charge in [-0.05, 0) is 24.6 Å². The van der Waals surface area contributed by atoms with Crippen molar-refractivity contribution in [1.29, 1.82) is 0 Å². The minimum absolute atomic E-state index is 0.223. The molecule has 0 unspecified atom stereocenters. The van der Waals surface area contributed by atoms with E-state index in [9.17, 15) is 4.39 Å². The maximum atomic E-state index is 13.2. The zero-order valence-corrected chi connectivity index (χ0v) is 16.1. The van der Waals surface area contributed by atoms with Gasteiger partial charge in [-0.3, -0.25) is 4.68 Å². The monoisotopic (exact) mass is 385 g/mol. The Morgan fingerprint density at radius 3 is 2.55 bits per heavy atom. The smallest absolute Gasteiger partial charge is 0.161 e. The Labute approximate surface area is 168 Å². The number of aryl methyl sites for hydroxylation is 1. The molecule has 0 saturated carbocycles. The second-order valence-corrected chi connectivity index (χ2v) is 7.31. The molecule has 0 spiro atoms. The summed E-state index contributed by atoms with van der Waals surface area (Å²) in [4.78, 5) is 11.7. The minimum Gasteiger partial charge on any atom is -0.346 e. The van der Waals surface area contributed by atoms with Crippen LogP contribution in [0.25, 0.3) is 11.4 Å². The van der Waals surface area contributed by atoms with Crippen molar-refractivity contribution in [3.05, 3.63) is 95.2 Å². The molecule has 0 amide bonds. The number of rotatable bonds is 4. The summed E-state index contributed by atoms with van der Waals surface area (Å²) < 4.78 is 15.2. The van der Waals surface area contributed by atoms with E-state index in [1.54, 1.807) is 12.1 Å². The molecule has 2 aromatic carbocycles. The normalized spacial score (nSPS) is 13.0. The third-order valence-corrected chi connectivity index (χ3v) is 5.18. The number of anilines is 1. The molecule has 1 aliphatic rings. The van der Waals surface area contributed by atoms with Gasteiger partial charge in [0.15, 0.2) is 5.82 Å². The summed E-state index contributed by atoms with van der Waals surface area (Å²) >= 11 is 0. The Bertz CT molecular complexity index is 1150. The van der Waals surface area contributed by atoms with Gasteiger partial charge in [0.25, 0.3) is 0 Å². The van der Waals surface area contributed by atoms with Crippen LogP contribution in [-0.2, 0) is 19.6 Å². The summed E-state index contributed by atoms with van der Waals surface area (Å²) in [5, 5.41) is 4.53. The summed E-state index contributed by atoms with van der Waals surface area (Å²) in [5.41, 5.74) is 5.35. The molecule has 144 valence electrons. The quantitative estimate of drug-likeness (QED) is 0.524. The molecule has 0 aliphatic carbocycles. The van der Waals surface area contributed by atoms with E-state index in [-0.39, 0.29) is 5.82 Å². The minimum atomic E-state index is -0.223. The van der Waals surface area contributed by atoms with E-state index in [1.165, 1.54) is 23.4 Å². The molecule has 6 heteroatoms. The van der Waals surface area contributed by atoms with Gasteiger partial charge in [0.2, 0.25) is 0 Å². The standard InChI is InChI=1S/C23H20FN5/c1-16-11-22(27-23(26-16)18-5-3-2-4-6-18)28-14-19-12-25-29(21(19)15-28)13-17-7-9-20(24)10-8-17/h2-12H,13-15H2,1H3. The molecule has 5 rings (SSSR count). The molecule has 0 fully saturated rings. The number of hydrogen-bond donors (Lipinski definition) is 0. The lowest BCUT2D eigenvalue weighted by Gasteiger charge is -2.18. The van der Waals surface area contributed by atoms with Gasteiger partial charge in [-0.2, -0.15) is 5.10 Å². The van der Waals surface area contributed by atoms with Crippen LogP contribution in [0.2, 0.25) is 0 Å². The zero-order valence-electron chi connectivity index (χ0n) is 16.1. The molecule has 29 heavy (non-hydrogen) atoms. The highest BCUT2D eigenvalue weighted by Gasteiger charge is 2.25. The van der Waals surface area contributed by atoms with Gasteiger partial charge < -0.3 is 4.90 Å². The van der Waals surface area contributed by atoms with E-state index in [0.29, 0.717) is 6.54 Å². The van der Waals surface area contributed by atoms with Gasteiger partial charge in [0, 0.05) is 29.4 Å². The summed E-state index contributed by atoms with van der Waals surface area (Å²) in [7, 11) is 0. The molecule has 1 aliphatic heterocycles. The van der Waals surface area contributed by atoms with Crippen molar-refractivity contribution in [3.8, 4) is 11.4 Å². The molecular weight excluding hydrogens is 365 g/mol. The summed E-state index contributed by atoms with van der Waals surface area (Å²) in [6.45, 7) is 4.13. The molecule has 0 N–H and O–H groups in total. The molecule has 0 atom stereocenters. The SMILES string of the molecule is Cc1cc(N2Cc3cnn(Cc4ccc(F)cc4)c3C2)nc(-c2ccccc2)n1. The van der Waals surface area contributed by atoms with Crippen molar-refractivity contribution in [2.45, 2.75) is 26.6 Å². The van der Waals surface area contributed by atoms with Crippen molar-refractivity contribution in [2.75, 3.05) is 4.90 Å². The average molecular weight is 385 g/mol. The lowest BCUT2D eigenvalue weighted by atomic mass is 10.2. The van der Waals surface area contributed by atoms with Crippen molar-refractivity contribution >= 4 is 5.82 Å². The fourth-order valence-electron chi connectivity index (χ4n) is 3.70. The molecule has 2 aromatic heterocycles. The average Bonchev–Trinajstić information content (AvgIpc) is 3.32. The van der Waals surface area contributed by atoms with Crippen LogP contribution in [0, 0.1) is 12.7 Å². The largest absolute Gasteiger partial charge is 0.346 e. The van der Waals surface area contributed by atoms with Gasteiger partial charge in [-0.1, -0.05) is 42.5 Å². The van der Waals surface area contributed by atoms with Crippen LogP contribution in [0.1, 0.15) is 22.5 Å². The van der Waals surface area contributed by atoms with Crippen LogP contribution in [0.3, 0.4) is 0 Å². The molecular formula is C23H20FN5. The maximum Gasteiger partial charge on any atom is 0.161 e. The summed E-state index contributed by atoms with van der Waals surface area (Å²) in [5.74, 6) is 1.43. The van der Waals surface area contributed by atoms with Gasteiger partial charge in [0.05, 0.1) is 25.0 Å². The number of fused-ring (bicyclic) bond motifs is 1. The fraction of sp³-hybridized carbons (Fsp3) is 0.174. The third-order valence-electron chi connectivity index (χ3n) is 5.18. The van der Waals surface area contributed by atoms with Crippen LogP contribution in [0.15, 0.2) is 66.9 Å². The summed E-state index contributed by atoms with van der Waals surface area (Å²) in [6, 6.07) is 18.6. The highest BCUT2D eigenvalue weighted by molar-refractivity contribution is 5.58. The van der Waals surface area contributed by atoms with Crippen molar-refractivity contribution in [2.24, 2.45) is 0 Å². The first-order chi connectivity index (χ1) is 14.2. The molecule has 3 heterocycles. The second-order valence-electron chi connectivity index (χ2n) is 7.31. The van der Waals surface area contributed by atoms with Gasteiger partial charge in [-0.15, -0.1) is 0 Å². The van der Waals surface area contributed by atoms with Gasteiger partial charge in [-0.25, -0.2) is 14.4 Å². The Balaban J connectivity index is 1.40. The Morgan fingerprint density at radius 2 is 1.76 bits per heavy atom. The molecule has 0 bridgehead atoms. The maximum absolute atomic E-state index is 13.2. The number of hydrogen-bond acceptors (Lipinski definition) is 4. The first kappa shape index (κ1) is 17.6. The van der Waals surface area contributed by atoms with Crippen LogP contribution >= 0.6 is 0 Å². The first-order valence-electron chi connectivity index (χ1n) is 9.60. The van der Waals surface area contributed by atoms with Crippen LogP contribution < -0.4 is 4.90 Å². The summed E-state index contributed by atoms with van der Waals surface area (Å²) in [6.07, 6.45) is 1.92. The van der Waals surface area contributed by atoms with Crippen molar-refractivity contribution < 1.29 is 4.39 Å². The molecule has 5 nitrogen and oxygen atoms in total. The molecule has 0 radical (unpaired) electrons. The molecule has 0 saturated heterocycles. The van der Waals surface area contributed by atoms with E-state index in [4.69, 9.17) is 4.98 Å². The lowest BCUT2D eigenvalue weighted by molar-refractivity contribution is 0.620. The fourth-order valence-corrected chi connectivity index (χ4v) is 3.70. The third kappa shape index (κ3) is 3.49. The number of nitrogens with zero attached hydrogens (tertiary/aromatic N) is 5. The number of aromatic nitrogens is 4. The second kappa shape index (κ2) is 7.13. The van der Waals surface area contributed by atoms with E-state index < -0.39 is 0 Å². The van der Waals surface area contributed by atoms with Crippen LogP contribution in [0.5, 0.6) is 0 Å². The predicted molar refractivity (Wildman–Crippen MR) is 110 cm³/mol. The Kier molecular flexibility index (Phi) is 4.31. The van der Waals surface area contributed by atoms with E-state index in [0.717, 1.165) is 41.6 Å². The zero-order chi connectivity index (χ0) is 19.8. The Hall–Kier alpha value is -3.54. The van der Waals surface area contributed by atoms with E-state index in [1.807, 2.05) is 54.2 Å². The number of benzene rings is 2. The van der Waals surface area contributed by atoms with Gasteiger partial charge >= 0.3 is 0 Å². The molecule has 4 aromatic rings. The van der Waals surface area contributed by atoms with E-state index in [2.05, 4.69) is 15.0 Å². The number of halogens is 1. The topological polar surface area (TPSA) is 46.8 Å². The first-order valence-corrected chi connectivity index (χ1v) is 9.60. The van der Waals surface area contributed by atoms with Gasteiger partial charge in [0.1, 0.15) is 11.6 Å². The predicted octanol–water partition coefficient (Wildman–Crippen LogP) is 4.36. The van der Waals surface area contributed by atoms with Crippen molar-refractivity contribution in [1.82, 2.24) is 19.7 Å². The van der Waals surface area contributed by atoms with Crippen LogP contribution in [-0.4, -0.2) is 19.7 Å². The Morgan fingerprint density at radius 1 is 0.966 bits per heavy atom. The van der Waals surface area contributed by atoms with E-state index >= 15 is 0 Å². The van der Waals surface area contributed by atoms with Crippen molar-refractivity contribution in [3.63, 3.8) is 0 Å².